The summed E-state index contributed by atoms with van der Waals surface area (Å²) in [7, 11) is 1.78. The summed E-state index contributed by atoms with van der Waals surface area (Å²) in [5.41, 5.74) is 3.26. The van der Waals surface area contributed by atoms with Crippen molar-refractivity contribution in [3.8, 4) is 0 Å². The van der Waals surface area contributed by atoms with Crippen LogP contribution in [0, 0.1) is 13.8 Å². The van der Waals surface area contributed by atoms with Crippen LogP contribution in [0.1, 0.15) is 17.5 Å². The molecule has 0 fully saturated rings. The summed E-state index contributed by atoms with van der Waals surface area (Å²) in [5, 5.41) is 0. The van der Waals surface area contributed by atoms with Crippen molar-refractivity contribution >= 4 is 23.2 Å². The maximum absolute atomic E-state index is 11.6. The molecule has 15 heavy (non-hydrogen) atoms. The summed E-state index contributed by atoms with van der Waals surface area (Å²) in [6.07, 6.45) is 0.380. The van der Waals surface area contributed by atoms with Crippen molar-refractivity contribution in [2.75, 3.05) is 17.8 Å². The molecule has 0 N–H and O–H groups in total. The van der Waals surface area contributed by atoms with Gasteiger partial charge in [0.15, 0.2) is 0 Å². The molecule has 0 aromatic heterocycles. The molecule has 0 atom stereocenters. The Balaban J connectivity index is 2.90. The van der Waals surface area contributed by atoms with Crippen LogP contribution in [0.5, 0.6) is 0 Å². The molecule has 2 nitrogen and oxygen atoms in total. The number of hydrogen-bond acceptors (Lipinski definition) is 1. The standard InChI is InChI=1S/C12H16ClNO/c1-9-6-10(2)8-11(7-9)14(3)12(15)4-5-13/h6-8H,4-5H2,1-3H3. The number of carbonyl (C=O) groups excluding carboxylic acids is 1. The number of amides is 1. The minimum Gasteiger partial charge on any atom is -0.315 e. The third-order valence-corrected chi connectivity index (χ3v) is 2.47. The average Bonchev–Trinajstić information content (AvgIpc) is 2.15. The van der Waals surface area contributed by atoms with Crippen LogP contribution in [0.2, 0.25) is 0 Å². The van der Waals surface area contributed by atoms with Crippen molar-refractivity contribution in [1.82, 2.24) is 0 Å². The van der Waals surface area contributed by atoms with E-state index in [0.29, 0.717) is 12.3 Å². The van der Waals surface area contributed by atoms with Gasteiger partial charge in [0.2, 0.25) is 5.91 Å². The molecule has 3 heteroatoms. The quantitative estimate of drug-likeness (QED) is 0.725. The summed E-state index contributed by atoms with van der Waals surface area (Å²) < 4.78 is 0. The van der Waals surface area contributed by atoms with Crippen molar-refractivity contribution in [1.29, 1.82) is 0 Å². The van der Waals surface area contributed by atoms with Crippen LogP contribution in [0.25, 0.3) is 0 Å². The highest BCUT2D eigenvalue weighted by Crippen LogP contribution is 2.18. The van der Waals surface area contributed by atoms with Gasteiger partial charge < -0.3 is 4.90 Å². The van der Waals surface area contributed by atoms with Gasteiger partial charge in [-0.3, -0.25) is 4.79 Å². The first-order valence-electron chi connectivity index (χ1n) is 4.95. The second-order valence-corrected chi connectivity index (χ2v) is 4.12. The average molecular weight is 226 g/mol. The summed E-state index contributed by atoms with van der Waals surface area (Å²) in [5.74, 6) is 0.420. The van der Waals surface area contributed by atoms with Gasteiger partial charge in [0.1, 0.15) is 0 Å². The van der Waals surface area contributed by atoms with Crippen LogP contribution >= 0.6 is 11.6 Å². The second kappa shape index (κ2) is 5.17. The molecule has 1 aromatic rings. The van der Waals surface area contributed by atoms with E-state index in [9.17, 15) is 4.79 Å². The molecule has 0 radical (unpaired) electrons. The molecule has 0 aliphatic rings. The normalized spacial score (nSPS) is 10.1. The number of alkyl halides is 1. The third kappa shape index (κ3) is 3.24. The number of rotatable bonds is 3. The Morgan fingerprint density at radius 2 is 1.80 bits per heavy atom. The highest BCUT2D eigenvalue weighted by atomic mass is 35.5. The van der Waals surface area contributed by atoms with Crippen LogP contribution < -0.4 is 4.90 Å². The van der Waals surface area contributed by atoms with Crippen LogP contribution in [0.15, 0.2) is 18.2 Å². The Morgan fingerprint density at radius 1 is 1.27 bits per heavy atom. The van der Waals surface area contributed by atoms with Gasteiger partial charge in [0.05, 0.1) is 0 Å². The van der Waals surface area contributed by atoms with Gasteiger partial charge >= 0.3 is 0 Å². The first-order chi connectivity index (χ1) is 7.04. The van der Waals surface area contributed by atoms with Gasteiger partial charge in [0.25, 0.3) is 0 Å². The van der Waals surface area contributed by atoms with Crippen molar-refractivity contribution in [3.05, 3.63) is 29.3 Å². The van der Waals surface area contributed by atoms with Gasteiger partial charge in [-0.1, -0.05) is 6.07 Å². The smallest absolute Gasteiger partial charge is 0.227 e. The van der Waals surface area contributed by atoms with Crippen LogP contribution in [0.3, 0.4) is 0 Å². The van der Waals surface area contributed by atoms with E-state index in [2.05, 4.69) is 6.07 Å². The fourth-order valence-electron chi connectivity index (χ4n) is 1.54. The summed E-state index contributed by atoms with van der Waals surface area (Å²) in [6, 6.07) is 6.08. The first-order valence-corrected chi connectivity index (χ1v) is 5.49. The number of aryl methyl sites for hydroxylation is 2. The molecule has 0 heterocycles. The Hall–Kier alpha value is -1.02. The SMILES string of the molecule is Cc1cc(C)cc(N(C)C(=O)CCCl)c1. The molecule has 0 aliphatic carbocycles. The molecule has 0 spiro atoms. The zero-order valence-corrected chi connectivity index (χ0v) is 10.1. The van der Waals surface area contributed by atoms with Crippen LogP contribution in [0.4, 0.5) is 5.69 Å². The fourth-order valence-corrected chi connectivity index (χ4v) is 1.70. The molecule has 0 bridgehead atoms. The molecule has 1 aromatic carbocycles. The van der Waals surface area contributed by atoms with Gasteiger partial charge in [-0.05, 0) is 37.1 Å². The van der Waals surface area contributed by atoms with Gasteiger partial charge in [0, 0.05) is 25.0 Å². The number of carbonyl (C=O) groups is 1. The molecular weight excluding hydrogens is 210 g/mol. The molecule has 0 saturated heterocycles. The number of benzene rings is 1. The topological polar surface area (TPSA) is 20.3 Å². The molecule has 0 saturated carbocycles. The Bertz CT molecular complexity index is 342. The van der Waals surface area contributed by atoms with E-state index < -0.39 is 0 Å². The lowest BCUT2D eigenvalue weighted by Crippen LogP contribution is -2.26. The number of halogens is 1. The molecule has 0 unspecified atom stereocenters. The largest absolute Gasteiger partial charge is 0.315 e. The predicted octanol–water partition coefficient (Wildman–Crippen LogP) is 2.90. The molecule has 82 valence electrons. The highest BCUT2D eigenvalue weighted by Gasteiger charge is 2.10. The number of nitrogens with zero attached hydrogens (tertiary/aromatic N) is 1. The minimum absolute atomic E-state index is 0.0509. The molecule has 0 aliphatic heterocycles. The Kier molecular flexibility index (Phi) is 4.15. The summed E-state index contributed by atoms with van der Waals surface area (Å²) in [4.78, 5) is 13.3. The monoisotopic (exact) mass is 225 g/mol. The van der Waals surface area contributed by atoms with E-state index >= 15 is 0 Å². The highest BCUT2D eigenvalue weighted by molar-refractivity contribution is 6.19. The van der Waals surface area contributed by atoms with E-state index in [4.69, 9.17) is 11.6 Å². The summed E-state index contributed by atoms with van der Waals surface area (Å²) in [6.45, 7) is 4.05. The van der Waals surface area contributed by atoms with Crippen LogP contribution in [-0.4, -0.2) is 18.8 Å². The maximum Gasteiger partial charge on any atom is 0.227 e. The van der Waals surface area contributed by atoms with Gasteiger partial charge in [-0.15, -0.1) is 11.6 Å². The van der Waals surface area contributed by atoms with Crippen LogP contribution in [-0.2, 0) is 4.79 Å². The molecule has 1 rings (SSSR count). The Labute approximate surface area is 95.8 Å². The zero-order chi connectivity index (χ0) is 11.4. The van der Waals surface area contributed by atoms with E-state index in [1.807, 2.05) is 26.0 Å². The number of anilines is 1. The third-order valence-electron chi connectivity index (χ3n) is 2.28. The van der Waals surface area contributed by atoms with E-state index in [0.717, 1.165) is 16.8 Å². The van der Waals surface area contributed by atoms with E-state index in [1.54, 1.807) is 11.9 Å². The number of hydrogen-bond donors (Lipinski definition) is 0. The Morgan fingerprint density at radius 3 is 2.27 bits per heavy atom. The lowest BCUT2D eigenvalue weighted by molar-refractivity contribution is -0.117. The van der Waals surface area contributed by atoms with Crippen molar-refractivity contribution in [3.63, 3.8) is 0 Å². The predicted molar refractivity (Wildman–Crippen MR) is 64.7 cm³/mol. The van der Waals surface area contributed by atoms with E-state index in [1.165, 1.54) is 0 Å². The first kappa shape index (κ1) is 12.1. The van der Waals surface area contributed by atoms with Gasteiger partial charge in [-0.2, -0.15) is 0 Å². The van der Waals surface area contributed by atoms with Crippen molar-refractivity contribution < 1.29 is 4.79 Å². The minimum atomic E-state index is 0.0509. The van der Waals surface area contributed by atoms with Crippen molar-refractivity contribution in [2.24, 2.45) is 0 Å². The zero-order valence-electron chi connectivity index (χ0n) is 9.38. The second-order valence-electron chi connectivity index (χ2n) is 3.74. The summed E-state index contributed by atoms with van der Waals surface area (Å²) >= 11 is 5.54. The van der Waals surface area contributed by atoms with Crippen molar-refractivity contribution in [2.45, 2.75) is 20.3 Å². The lowest BCUT2D eigenvalue weighted by Gasteiger charge is -2.18. The van der Waals surface area contributed by atoms with Gasteiger partial charge in [-0.25, -0.2) is 0 Å². The molecule has 1 amide bonds. The lowest BCUT2D eigenvalue weighted by atomic mass is 10.1. The maximum atomic E-state index is 11.6. The van der Waals surface area contributed by atoms with E-state index in [-0.39, 0.29) is 5.91 Å². The fraction of sp³-hybridized carbons (Fsp3) is 0.417. The molecular formula is C12H16ClNO.